The van der Waals surface area contributed by atoms with Crippen LogP contribution in [0.5, 0.6) is 0 Å². The molecule has 0 bridgehead atoms. The van der Waals surface area contributed by atoms with Crippen molar-refractivity contribution in [3.63, 3.8) is 0 Å². The fourth-order valence-electron chi connectivity index (χ4n) is 1.99. The van der Waals surface area contributed by atoms with Gasteiger partial charge in [0.15, 0.2) is 0 Å². The Morgan fingerprint density at radius 3 is 3.31 bits per heavy atom. The largest absolute Gasteiger partial charge is 0.316 e. The number of aryl methyl sites for hydroxylation is 1. The van der Waals surface area contributed by atoms with Crippen LogP contribution in [0.2, 0.25) is 0 Å². The fourth-order valence-corrected chi connectivity index (χ4v) is 1.99. The Balaban J connectivity index is 1.95. The summed E-state index contributed by atoms with van der Waals surface area (Å²) < 4.78 is 1.79. The molecule has 16 heavy (non-hydrogen) atoms. The van der Waals surface area contributed by atoms with E-state index in [9.17, 15) is 4.79 Å². The maximum atomic E-state index is 11.9. The molecule has 1 aromatic heterocycles. The second kappa shape index (κ2) is 5.12. The zero-order valence-electron chi connectivity index (χ0n) is 9.57. The van der Waals surface area contributed by atoms with Gasteiger partial charge in [0.05, 0.1) is 12.1 Å². The lowest BCUT2D eigenvalue weighted by Crippen LogP contribution is -2.37. The standard InChI is InChI=1S/C11H18N4O/c1-2-15-10(5-7-13-15)14-11(16)9-4-3-6-12-8-9/h5,7,9,12H,2-4,6,8H2,1H3,(H,14,16)/t9-/m0/s1. The first kappa shape index (κ1) is 11.1. The highest BCUT2D eigenvalue weighted by atomic mass is 16.2. The van der Waals surface area contributed by atoms with Gasteiger partial charge < -0.3 is 10.6 Å². The molecule has 0 spiro atoms. The zero-order chi connectivity index (χ0) is 11.4. The minimum Gasteiger partial charge on any atom is -0.316 e. The summed E-state index contributed by atoms with van der Waals surface area (Å²) in [7, 11) is 0. The van der Waals surface area contributed by atoms with Gasteiger partial charge in [-0.25, -0.2) is 4.68 Å². The van der Waals surface area contributed by atoms with E-state index in [1.54, 1.807) is 10.9 Å². The SMILES string of the molecule is CCn1nccc1NC(=O)[C@H]1CCCNC1. The van der Waals surface area contributed by atoms with E-state index < -0.39 is 0 Å². The summed E-state index contributed by atoms with van der Waals surface area (Å²) in [6, 6.07) is 1.83. The van der Waals surface area contributed by atoms with Crippen LogP contribution in [0.1, 0.15) is 19.8 Å². The van der Waals surface area contributed by atoms with Crippen molar-refractivity contribution in [2.24, 2.45) is 5.92 Å². The van der Waals surface area contributed by atoms with Gasteiger partial charge in [-0.15, -0.1) is 0 Å². The van der Waals surface area contributed by atoms with E-state index in [4.69, 9.17) is 0 Å². The van der Waals surface area contributed by atoms with Crippen molar-refractivity contribution in [3.8, 4) is 0 Å². The Morgan fingerprint density at radius 1 is 1.75 bits per heavy atom. The average molecular weight is 222 g/mol. The number of piperidine rings is 1. The van der Waals surface area contributed by atoms with Gasteiger partial charge in [-0.1, -0.05) is 0 Å². The van der Waals surface area contributed by atoms with Crippen LogP contribution in [0.3, 0.4) is 0 Å². The molecule has 5 nitrogen and oxygen atoms in total. The van der Waals surface area contributed by atoms with Crippen molar-refractivity contribution >= 4 is 11.7 Å². The topological polar surface area (TPSA) is 59.0 Å². The molecule has 1 fully saturated rings. The molecule has 0 saturated carbocycles. The summed E-state index contributed by atoms with van der Waals surface area (Å²) >= 11 is 0. The molecule has 88 valence electrons. The predicted molar refractivity (Wildman–Crippen MR) is 62.1 cm³/mol. The summed E-state index contributed by atoms with van der Waals surface area (Å²) in [6.45, 7) is 4.58. The van der Waals surface area contributed by atoms with Crippen molar-refractivity contribution in [1.82, 2.24) is 15.1 Å². The lowest BCUT2D eigenvalue weighted by molar-refractivity contribution is -0.120. The molecule has 0 aromatic carbocycles. The maximum Gasteiger partial charge on any atom is 0.229 e. The highest BCUT2D eigenvalue weighted by Crippen LogP contribution is 2.13. The highest BCUT2D eigenvalue weighted by Gasteiger charge is 2.21. The van der Waals surface area contributed by atoms with E-state index in [2.05, 4.69) is 15.7 Å². The van der Waals surface area contributed by atoms with Gasteiger partial charge in [0, 0.05) is 19.2 Å². The number of carbonyl (C=O) groups excluding carboxylic acids is 1. The van der Waals surface area contributed by atoms with Gasteiger partial charge in [0.2, 0.25) is 5.91 Å². The Labute approximate surface area is 95.2 Å². The first-order valence-electron chi connectivity index (χ1n) is 5.84. The van der Waals surface area contributed by atoms with Crippen LogP contribution in [-0.2, 0) is 11.3 Å². The van der Waals surface area contributed by atoms with Crippen LogP contribution in [0.15, 0.2) is 12.3 Å². The summed E-state index contributed by atoms with van der Waals surface area (Å²) in [6.07, 6.45) is 3.75. The second-order valence-corrected chi connectivity index (χ2v) is 4.06. The highest BCUT2D eigenvalue weighted by molar-refractivity contribution is 5.91. The molecule has 0 aliphatic carbocycles. The Hall–Kier alpha value is -1.36. The minimum absolute atomic E-state index is 0.0916. The zero-order valence-corrected chi connectivity index (χ0v) is 9.57. The molecule has 1 saturated heterocycles. The number of carbonyl (C=O) groups is 1. The average Bonchev–Trinajstić information content (AvgIpc) is 2.77. The van der Waals surface area contributed by atoms with Crippen LogP contribution < -0.4 is 10.6 Å². The number of aromatic nitrogens is 2. The van der Waals surface area contributed by atoms with Gasteiger partial charge in [-0.05, 0) is 26.3 Å². The Bertz CT molecular complexity index is 355. The van der Waals surface area contributed by atoms with E-state index in [1.807, 2.05) is 13.0 Å². The van der Waals surface area contributed by atoms with Crippen molar-refractivity contribution < 1.29 is 4.79 Å². The van der Waals surface area contributed by atoms with Crippen LogP contribution in [0, 0.1) is 5.92 Å². The second-order valence-electron chi connectivity index (χ2n) is 4.06. The molecular formula is C11H18N4O. The number of rotatable bonds is 3. The van der Waals surface area contributed by atoms with Gasteiger partial charge >= 0.3 is 0 Å². The molecule has 5 heteroatoms. The van der Waals surface area contributed by atoms with Crippen LogP contribution in [0.4, 0.5) is 5.82 Å². The van der Waals surface area contributed by atoms with Crippen molar-refractivity contribution in [2.75, 3.05) is 18.4 Å². The van der Waals surface area contributed by atoms with E-state index >= 15 is 0 Å². The molecule has 2 rings (SSSR count). The monoisotopic (exact) mass is 222 g/mol. The summed E-state index contributed by atoms with van der Waals surface area (Å²) in [5.41, 5.74) is 0. The van der Waals surface area contributed by atoms with Gasteiger partial charge in [0.1, 0.15) is 5.82 Å². The van der Waals surface area contributed by atoms with E-state index in [0.717, 1.165) is 38.3 Å². The van der Waals surface area contributed by atoms with Gasteiger partial charge in [0.25, 0.3) is 0 Å². The fraction of sp³-hybridized carbons (Fsp3) is 0.636. The predicted octanol–water partition coefficient (Wildman–Crippen LogP) is 0.841. The van der Waals surface area contributed by atoms with Gasteiger partial charge in [-0.2, -0.15) is 5.10 Å². The quantitative estimate of drug-likeness (QED) is 0.796. The van der Waals surface area contributed by atoms with E-state index in [0.29, 0.717) is 0 Å². The van der Waals surface area contributed by atoms with Crippen molar-refractivity contribution in [1.29, 1.82) is 0 Å². The smallest absolute Gasteiger partial charge is 0.229 e. The molecule has 0 radical (unpaired) electrons. The number of nitrogens with zero attached hydrogens (tertiary/aromatic N) is 2. The summed E-state index contributed by atoms with van der Waals surface area (Å²) in [5.74, 6) is 0.981. The molecule has 1 atom stereocenters. The minimum atomic E-state index is 0.0916. The van der Waals surface area contributed by atoms with Crippen LogP contribution >= 0.6 is 0 Å². The first-order valence-corrected chi connectivity index (χ1v) is 5.84. The maximum absolute atomic E-state index is 11.9. The molecular weight excluding hydrogens is 204 g/mol. The van der Waals surface area contributed by atoms with Gasteiger partial charge in [-0.3, -0.25) is 4.79 Å². The molecule has 1 aliphatic heterocycles. The van der Waals surface area contributed by atoms with Crippen LogP contribution in [0.25, 0.3) is 0 Å². The molecule has 1 aliphatic rings. The number of hydrogen-bond acceptors (Lipinski definition) is 3. The van der Waals surface area contributed by atoms with Crippen molar-refractivity contribution in [2.45, 2.75) is 26.3 Å². The molecule has 1 aromatic rings. The number of anilines is 1. The normalized spacial score (nSPS) is 20.7. The molecule has 2 N–H and O–H groups in total. The molecule has 1 amide bonds. The third-order valence-electron chi connectivity index (χ3n) is 2.94. The first-order chi connectivity index (χ1) is 7.81. The Morgan fingerprint density at radius 2 is 2.62 bits per heavy atom. The molecule has 2 heterocycles. The number of nitrogens with one attached hydrogen (secondary N) is 2. The number of amides is 1. The third-order valence-corrected chi connectivity index (χ3v) is 2.94. The van der Waals surface area contributed by atoms with E-state index in [1.165, 1.54) is 0 Å². The van der Waals surface area contributed by atoms with Crippen LogP contribution in [-0.4, -0.2) is 28.8 Å². The lowest BCUT2D eigenvalue weighted by Gasteiger charge is -2.21. The van der Waals surface area contributed by atoms with E-state index in [-0.39, 0.29) is 11.8 Å². The third kappa shape index (κ3) is 2.41. The number of hydrogen-bond donors (Lipinski definition) is 2. The Kier molecular flexibility index (Phi) is 3.56. The molecule has 0 unspecified atom stereocenters. The summed E-state index contributed by atoms with van der Waals surface area (Å²) in [4.78, 5) is 11.9. The van der Waals surface area contributed by atoms with Crippen molar-refractivity contribution in [3.05, 3.63) is 12.3 Å². The summed E-state index contributed by atoms with van der Waals surface area (Å²) in [5, 5.41) is 10.3. The lowest BCUT2D eigenvalue weighted by atomic mass is 9.99.